The quantitative estimate of drug-likeness (QED) is 0.777. The maximum absolute atomic E-state index is 12.5. The van der Waals surface area contributed by atoms with Crippen molar-refractivity contribution in [1.82, 2.24) is 15.1 Å². The van der Waals surface area contributed by atoms with Crippen LogP contribution in [0.5, 0.6) is 0 Å². The van der Waals surface area contributed by atoms with Gasteiger partial charge in [-0.05, 0) is 77.3 Å². The van der Waals surface area contributed by atoms with Crippen LogP contribution in [0.1, 0.15) is 44.1 Å². The van der Waals surface area contributed by atoms with E-state index in [0.717, 1.165) is 25.6 Å². The molecule has 1 aliphatic carbocycles. The molecule has 26 heavy (non-hydrogen) atoms. The third-order valence-electron chi connectivity index (χ3n) is 6.38. The van der Waals surface area contributed by atoms with E-state index in [0.29, 0.717) is 6.54 Å². The molecule has 4 heteroatoms. The number of benzene rings is 1. The number of carbonyl (C=O) groups is 1. The van der Waals surface area contributed by atoms with Gasteiger partial charge in [0.2, 0.25) is 5.91 Å². The lowest BCUT2D eigenvalue weighted by Crippen LogP contribution is -2.48. The molecule has 1 heterocycles. The van der Waals surface area contributed by atoms with Gasteiger partial charge >= 0.3 is 0 Å². The molecule has 3 rings (SSSR count). The number of hydrogen-bond acceptors (Lipinski definition) is 3. The molecular weight excluding hydrogens is 322 g/mol. The van der Waals surface area contributed by atoms with Gasteiger partial charge in [0.15, 0.2) is 0 Å². The number of nitrogens with one attached hydrogen (secondary N) is 1. The van der Waals surface area contributed by atoms with Crippen LogP contribution in [0.2, 0.25) is 0 Å². The van der Waals surface area contributed by atoms with Gasteiger partial charge < -0.3 is 10.2 Å². The minimum absolute atomic E-state index is 0.177. The van der Waals surface area contributed by atoms with Crippen molar-refractivity contribution >= 4 is 5.91 Å². The molecule has 1 aromatic carbocycles. The Balaban J connectivity index is 1.40. The molecule has 0 aromatic heterocycles. The van der Waals surface area contributed by atoms with Gasteiger partial charge in [-0.3, -0.25) is 9.69 Å². The van der Waals surface area contributed by atoms with E-state index in [-0.39, 0.29) is 11.3 Å². The first-order chi connectivity index (χ1) is 12.6. The molecule has 0 bridgehead atoms. The maximum atomic E-state index is 12.5. The van der Waals surface area contributed by atoms with Crippen molar-refractivity contribution in [3.63, 3.8) is 0 Å². The summed E-state index contributed by atoms with van der Waals surface area (Å²) >= 11 is 0. The fourth-order valence-electron chi connectivity index (χ4n) is 4.36. The lowest BCUT2D eigenvalue weighted by Gasteiger charge is -2.42. The average molecular weight is 358 g/mol. The minimum atomic E-state index is 0.177. The lowest BCUT2D eigenvalue weighted by atomic mass is 9.64. The van der Waals surface area contributed by atoms with E-state index >= 15 is 0 Å². The van der Waals surface area contributed by atoms with Gasteiger partial charge in [-0.25, -0.2) is 0 Å². The summed E-state index contributed by atoms with van der Waals surface area (Å²) in [6.07, 6.45) is 7.39. The molecule has 1 aromatic rings. The molecule has 0 spiro atoms. The van der Waals surface area contributed by atoms with Crippen LogP contribution in [0.25, 0.3) is 0 Å². The fraction of sp³-hybridized carbons (Fsp3) is 0.682. The van der Waals surface area contributed by atoms with Crippen LogP contribution >= 0.6 is 0 Å². The van der Waals surface area contributed by atoms with Crippen molar-refractivity contribution in [3.8, 4) is 0 Å². The van der Waals surface area contributed by atoms with E-state index in [1.165, 1.54) is 50.6 Å². The fourth-order valence-corrected chi connectivity index (χ4v) is 4.36. The first-order valence-electron chi connectivity index (χ1n) is 10.3. The average Bonchev–Trinajstić information content (AvgIpc) is 2.61. The van der Waals surface area contributed by atoms with Crippen LogP contribution in [0, 0.1) is 5.92 Å². The standard InChI is InChI=1S/C22H35N3O/c1-24(2)14-9-19-10-15-25(16-11-19)17-21(26)23-18-22(12-6-13-22)20-7-4-3-5-8-20/h3-5,7-8,19H,6,9-18H2,1-2H3,(H,23,26). The minimum Gasteiger partial charge on any atom is -0.354 e. The third-order valence-corrected chi connectivity index (χ3v) is 6.38. The molecule has 2 fully saturated rings. The van der Waals surface area contributed by atoms with Crippen LogP contribution in [-0.4, -0.2) is 62.5 Å². The second-order valence-electron chi connectivity index (χ2n) is 8.59. The molecule has 0 unspecified atom stereocenters. The van der Waals surface area contributed by atoms with Crippen molar-refractivity contribution in [2.45, 2.75) is 43.9 Å². The summed E-state index contributed by atoms with van der Waals surface area (Å²) in [6.45, 7) is 4.65. The number of carbonyl (C=O) groups excluding carboxylic acids is 1. The number of nitrogens with zero attached hydrogens (tertiary/aromatic N) is 2. The summed E-state index contributed by atoms with van der Waals surface area (Å²) in [6, 6.07) is 10.7. The van der Waals surface area contributed by atoms with Crippen molar-refractivity contribution in [1.29, 1.82) is 0 Å². The summed E-state index contributed by atoms with van der Waals surface area (Å²) < 4.78 is 0. The summed E-state index contributed by atoms with van der Waals surface area (Å²) in [4.78, 5) is 17.1. The molecule has 0 radical (unpaired) electrons. The van der Waals surface area contributed by atoms with Gasteiger partial charge in [0.1, 0.15) is 0 Å². The molecule has 1 aliphatic heterocycles. The molecule has 4 nitrogen and oxygen atoms in total. The van der Waals surface area contributed by atoms with Gasteiger partial charge in [0.05, 0.1) is 6.54 Å². The highest BCUT2D eigenvalue weighted by atomic mass is 16.2. The van der Waals surface area contributed by atoms with E-state index in [2.05, 4.69) is 59.5 Å². The number of rotatable bonds is 8. The van der Waals surface area contributed by atoms with Gasteiger partial charge in [-0.2, -0.15) is 0 Å². The highest BCUT2D eigenvalue weighted by molar-refractivity contribution is 5.78. The summed E-state index contributed by atoms with van der Waals surface area (Å²) in [5.74, 6) is 1.02. The van der Waals surface area contributed by atoms with Crippen LogP contribution in [0.3, 0.4) is 0 Å². The van der Waals surface area contributed by atoms with Gasteiger partial charge in [0.25, 0.3) is 0 Å². The number of amides is 1. The van der Waals surface area contributed by atoms with Crippen molar-refractivity contribution < 1.29 is 4.79 Å². The Morgan fingerprint density at radius 3 is 2.46 bits per heavy atom. The zero-order valence-corrected chi connectivity index (χ0v) is 16.5. The number of hydrogen-bond donors (Lipinski definition) is 1. The first-order valence-corrected chi connectivity index (χ1v) is 10.3. The summed E-state index contributed by atoms with van der Waals surface area (Å²) in [7, 11) is 4.29. The SMILES string of the molecule is CN(C)CCC1CCN(CC(=O)NCC2(c3ccccc3)CCC2)CC1. The highest BCUT2D eigenvalue weighted by Gasteiger charge is 2.38. The van der Waals surface area contributed by atoms with Gasteiger partial charge in [-0.15, -0.1) is 0 Å². The van der Waals surface area contributed by atoms with E-state index in [4.69, 9.17) is 0 Å². The van der Waals surface area contributed by atoms with Gasteiger partial charge in [-0.1, -0.05) is 36.8 Å². The summed E-state index contributed by atoms with van der Waals surface area (Å²) in [5, 5.41) is 3.24. The van der Waals surface area contributed by atoms with Crippen molar-refractivity contribution in [3.05, 3.63) is 35.9 Å². The Kier molecular flexibility index (Phi) is 6.71. The van der Waals surface area contributed by atoms with E-state index < -0.39 is 0 Å². The molecule has 2 aliphatic rings. The Hall–Kier alpha value is -1.39. The summed E-state index contributed by atoms with van der Waals surface area (Å²) in [5.41, 5.74) is 1.56. The van der Waals surface area contributed by atoms with Crippen LogP contribution in [0.15, 0.2) is 30.3 Å². The second kappa shape index (κ2) is 9.01. The predicted octanol–water partition coefficient (Wildman–Crippen LogP) is 2.89. The molecule has 1 amide bonds. The van der Waals surface area contributed by atoms with Crippen LogP contribution < -0.4 is 5.32 Å². The topological polar surface area (TPSA) is 35.6 Å². The van der Waals surface area contributed by atoms with Crippen molar-refractivity contribution in [2.24, 2.45) is 5.92 Å². The Morgan fingerprint density at radius 2 is 1.88 bits per heavy atom. The maximum Gasteiger partial charge on any atom is 0.234 e. The Labute approximate surface area is 158 Å². The van der Waals surface area contributed by atoms with Crippen LogP contribution in [-0.2, 0) is 10.2 Å². The van der Waals surface area contributed by atoms with E-state index in [1.807, 2.05) is 0 Å². The predicted molar refractivity (Wildman–Crippen MR) is 107 cm³/mol. The second-order valence-corrected chi connectivity index (χ2v) is 8.59. The normalized spacial score (nSPS) is 20.7. The zero-order chi connectivity index (χ0) is 18.4. The van der Waals surface area contributed by atoms with Crippen LogP contribution in [0.4, 0.5) is 0 Å². The number of likely N-dealkylation sites (tertiary alicyclic amines) is 1. The van der Waals surface area contributed by atoms with Crippen molar-refractivity contribution in [2.75, 3.05) is 46.8 Å². The Morgan fingerprint density at radius 1 is 1.19 bits per heavy atom. The van der Waals surface area contributed by atoms with E-state index in [1.54, 1.807) is 0 Å². The molecule has 0 atom stereocenters. The van der Waals surface area contributed by atoms with Gasteiger partial charge in [0, 0.05) is 12.0 Å². The lowest BCUT2D eigenvalue weighted by molar-refractivity contribution is -0.123. The van der Waals surface area contributed by atoms with E-state index in [9.17, 15) is 4.79 Å². The molecule has 1 saturated carbocycles. The zero-order valence-electron chi connectivity index (χ0n) is 16.5. The monoisotopic (exact) mass is 357 g/mol. The molecule has 1 N–H and O–H groups in total. The highest BCUT2D eigenvalue weighted by Crippen LogP contribution is 2.43. The molecule has 144 valence electrons. The first kappa shape index (κ1) is 19.4. The number of piperidine rings is 1. The largest absolute Gasteiger partial charge is 0.354 e. The molecular formula is C22H35N3O. The smallest absolute Gasteiger partial charge is 0.234 e. The third kappa shape index (κ3) is 5.08. The molecule has 1 saturated heterocycles. The Bertz CT molecular complexity index is 560.